The Labute approximate surface area is 374 Å². The van der Waals surface area contributed by atoms with Crippen LogP contribution in [-0.4, -0.2) is 140 Å². The first-order valence-electron chi connectivity index (χ1n) is 20.6. The predicted molar refractivity (Wildman–Crippen MR) is 250 cm³/mol. The Balaban J connectivity index is 3.82. The molecule has 0 saturated carbocycles. The van der Waals surface area contributed by atoms with Gasteiger partial charge in [-0.05, 0) is 75.5 Å². The van der Waals surface area contributed by atoms with Crippen LogP contribution in [0.2, 0.25) is 0 Å². The summed E-state index contributed by atoms with van der Waals surface area (Å²) in [6.07, 6.45) is 18.7. The van der Waals surface area contributed by atoms with Crippen LogP contribution in [0.15, 0.2) is 0 Å². The van der Waals surface area contributed by atoms with Gasteiger partial charge in [0.25, 0.3) is 15.1 Å². The fourth-order valence-electron chi connectivity index (χ4n) is 5.23. The number of hydrogen-bond donors (Lipinski definition) is 8. The third-order valence-electron chi connectivity index (χ3n) is 8.40. The van der Waals surface area contributed by atoms with Gasteiger partial charge >= 0.3 is 6.09 Å². The first kappa shape index (κ1) is 59.4. The van der Waals surface area contributed by atoms with Gasteiger partial charge in [-0.2, -0.15) is 23.5 Å². The first-order valence-corrected chi connectivity index (χ1v) is 28.1. The van der Waals surface area contributed by atoms with Gasteiger partial charge in [-0.25, -0.2) is 13.4 Å². The van der Waals surface area contributed by atoms with E-state index in [4.69, 9.17) is 32.7 Å². The maximum absolute atomic E-state index is 12.3. The monoisotopic (exact) mass is 981 g/mol. The number of carbonyl (C=O) groups excluding carboxylic acids is 5. The highest BCUT2D eigenvalue weighted by molar-refractivity contribution is 8.00. The summed E-state index contributed by atoms with van der Waals surface area (Å²) in [6, 6.07) is 0. The van der Waals surface area contributed by atoms with E-state index >= 15 is 0 Å². The number of thioether (sulfide) groups is 2. The molecule has 0 aliphatic rings. The van der Waals surface area contributed by atoms with E-state index in [1.54, 1.807) is 23.5 Å². The van der Waals surface area contributed by atoms with Crippen LogP contribution in [0.5, 0.6) is 0 Å². The Bertz CT molecular complexity index is 1270. The zero-order valence-electron chi connectivity index (χ0n) is 35.7. The smallest absolute Gasteiger partial charge is 0.409 e. The molecule has 2 atom stereocenters. The van der Waals surface area contributed by atoms with Crippen LogP contribution < -0.4 is 21.3 Å². The molecule has 0 fully saturated rings. The highest BCUT2D eigenvalue weighted by Gasteiger charge is 2.15. The lowest BCUT2D eigenvalue weighted by atomic mass is 10.2. The van der Waals surface area contributed by atoms with Crippen LogP contribution in [0.1, 0.15) is 103 Å². The second-order valence-corrected chi connectivity index (χ2v) is 20.6. The lowest BCUT2D eigenvalue weighted by Crippen LogP contribution is -2.42. The third-order valence-corrected chi connectivity index (χ3v) is 14.4. The van der Waals surface area contributed by atoms with Crippen molar-refractivity contribution in [1.82, 2.24) is 26.2 Å². The average Bonchev–Trinajstić information content (AvgIpc) is 3.21. The van der Waals surface area contributed by atoms with Crippen molar-refractivity contribution in [2.45, 2.75) is 103 Å². The van der Waals surface area contributed by atoms with Crippen molar-refractivity contribution in [3.8, 4) is 0 Å². The van der Waals surface area contributed by atoms with Gasteiger partial charge in [0.05, 0.1) is 31.8 Å². The van der Waals surface area contributed by atoms with E-state index in [-0.39, 0.29) is 67.0 Å². The summed E-state index contributed by atoms with van der Waals surface area (Å²) in [5.74, 6) is 2.27. The molecule has 0 aliphatic heterocycles. The maximum atomic E-state index is 12.3. The lowest BCUT2D eigenvalue weighted by Gasteiger charge is -2.21. The molecule has 19 nitrogen and oxygen atoms in total. The normalized spacial score (nSPS) is 13.2. The van der Waals surface area contributed by atoms with Gasteiger partial charge in [0.2, 0.25) is 23.6 Å². The first-order chi connectivity index (χ1) is 29.2. The van der Waals surface area contributed by atoms with Crippen molar-refractivity contribution in [2.24, 2.45) is 0 Å². The van der Waals surface area contributed by atoms with Crippen molar-refractivity contribution >= 4 is 98.2 Å². The molecule has 0 bridgehead atoms. The molecule has 0 radical (unpaired) electrons. The number of nitrogens with zero attached hydrogens (tertiary/aromatic N) is 1. The molecule has 5 amide bonds. The summed E-state index contributed by atoms with van der Waals surface area (Å²) in [4.78, 5) is 81.8. The van der Waals surface area contributed by atoms with Gasteiger partial charge in [0.15, 0.2) is 17.2 Å². The topological polar surface area (TPSA) is 271 Å². The number of methoxy groups -OCH3 is 1. The van der Waals surface area contributed by atoms with E-state index in [9.17, 15) is 33.8 Å². The zero-order valence-corrected chi connectivity index (χ0v) is 41.0. The minimum Gasteiger partial charge on any atom is -0.453 e. The largest absolute Gasteiger partial charge is 0.453 e. The number of rotatable bonds is 42. The molecular weight excluding hydrogens is 910 g/mol. The van der Waals surface area contributed by atoms with Gasteiger partial charge in [-0.15, -0.1) is 0 Å². The molecule has 2 unspecified atom stereocenters. The fourth-order valence-corrected chi connectivity index (χ4v) is 9.14. The van der Waals surface area contributed by atoms with Crippen LogP contribution in [0, 0.1) is 10.3 Å². The van der Waals surface area contributed by atoms with Gasteiger partial charge in [-0.1, -0.05) is 38.5 Å². The standard InChI is InChI=1S/C36H71N7O12P4S2/c1-51-36(48)43(24-22-41-32(44)18-10-8-12-20-39-34(46)30-60-28-16-6-4-14-26-52-58(2,49)54-56-37)25-23-42-33(45)19-11-9-13-21-40-35(47)31-61-29-17-7-5-15-27-53-59(3,50)55-57-38/h37-38,49-50H,2-31H2,1H3,(H,39,46)(H,40,47)(H,41,44)(H,42,45). The van der Waals surface area contributed by atoms with Crippen LogP contribution >= 0.6 is 55.9 Å². The quantitative estimate of drug-likeness (QED) is 0.0228. The summed E-state index contributed by atoms with van der Waals surface area (Å²) in [5, 5.41) is 25.3. The Kier molecular flexibility index (Phi) is 38.9. The molecule has 25 heteroatoms. The summed E-state index contributed by atoms with van der Waals surface area (Å²) < 4.78 is 24.7. The molecule has 354 valence electrons. The lowest BCUT2D eigenvalue weighted by molar-refractivity contribution is -0.121. The highest BCUT2D eigenvalue weighted by atomic mass is 32.2. The summed E-state index contributed by atoms with van der Waals surface area (Å²) >= 11 is 3.17. The van der Waals surface area contributed by atoms with E-state index in [0.29, 0.717) is 63.5 Å². The van der Waals surface area contributed by atoms with Gasteiger partial charge in [-0.3, -0.25) is 29.5 Å². The molecular formula is C36H71N7O12P4S2. The van der Waals surface area contributed by atoms with Gasteiger partial charge in [0, 0.05) is 52.1 Å². The molecule has 0 aromatic rings. The Morgan fingerprint density at radius 3 is 1.34 bits per heavy atom. The molecule has 0 saturated heterocycles. The summed E-state index contributed by atoms with van der Waals surface area (Å²) in [5.41, 5.74) is 0. The van der Waals surface area contributed by atoms with Crippen molar-refractivity contribution in [3.05, 3.63) is 0 Å². The molecule has 0 rings (SSSR count). The Hall–Kier alpha value is -1.59. The number of amides is 5. The second-order valence-electron chi connectivity index (χ2n) is 13.7. The van der Waals surface area contributed by atoms with E-state index in [0.717, 1.165) is 88.6 Å². The SMILES string of the molecule is C=P(O)(OCCCCCCSCC(=O)NCCCCCC(=O)NCCN(CCNC(=O)CCCCCNC(=O)CSCCCCCCOP(=C)(O)OP=N)C(=O)OC)OP=N. The van der Waals surface area contributed by atoms with E-state index in [2.05, 4.69) is 33.9 Å². The van der Waals surface area contributed by atoms with Crippen molar-refractivity contribution < 1.29 is 56.2 Å². The van der Waals surface area contributed by atoms with Gasteiger partial charge in [0.1, 0.15) is 0 Å². The van der Waals surface area contributed by atoms with Crippen LogP contribution in [0.25, 0.3) is 0 Å². The fraction of sp³-hybridized carbons (Fsp3) is 0.806. The van der Waals surface area contributed by atoms with Crippen molar-refractivity contribution in [2.75, 3.05) is 82.6 Å². The third kappa shape index (κ3) is 39.7. The number of carbonyl (C=O) groups is 5. The summed E-state index contributed by atoms with van der Waals surface area (Å²) in [7, 11) is -5.28. The Morgan fingerprint density at radius 2 is 0.951 bits per heavy atom. The molecule has 0 heterocycles. The van der Waals surface area contributed by atoms with E-state index in [1.165, 1.54) is 12.0 Å². The minimum absolute atomic E-state index is 0.00957. The molecule has 0 aliphatic carbocycles. The zero-order chi connectivity index (χ0) is 45.5. The molecule has 61 heavy (non-hydrogen) atoms. The van der Waals surface area contributed by atoms with Gasteiger partial charge < -0.3 is 49.7 Å². The molecule has 8 N–H and O–H groups in total. The van der Waals surface area contributed by atoms with Crippen LogP contribution in [-0.2, 0) is 41.6 Å². The van der Waals surface area contributed by atoms with Crippen molar-refractivity contribution in [3.63, 3.8) is 0 Å². The van der Waals surface area contributed by atoms with E-state index < -0.39 is 21.2 Å². The maximum Gasteiger partial charge on any atom is 0.409 e. The highest BCUT2D eigenvalue weighted by Crippen LogP contribution is 2.47. The van der Waals surface area contributed by atoms with Crippen molar-refractivity contribution in [1.29, 1.82) is 10.3 Å². The number of hydrogen-bond acceptors (Lipinski definition) is 16. The Morgan fingerprint density at radius 1 is 0.574 bits per heavy atom. The number of nitrogens with one attached hydrogen (secondary N) is 6. The van der Waals surface area contributed by atoms with Crippen LogP contribution in [0.3, 0.4) is 0 Å². The average molecular weight is 982 g/mol. The minimum atomic E-state index is -3.12. The van der Waals surface area contributed by atoms with Crippen LogP contribution in [0.4, 0.5) is 4.79 Å². The number of ether oxygens (including phenoxy) is 1. The second kappa shape index (κ2) is 40.0. The molecule has 0 spiro atoms. The summed E-state index contributed by atoms with van der Waals surface area (Å²) in [6.45, 7) is 2.73. The predicted octanol–water partition coefficient (Wildman–Crippen LogP) is 6.91. The van der Waals surface area contributed by atoms with E-state index in [1.807, 2.05) is 0 Å². The number of unbranched alkanes of at least 4 members (excludes halogenated alkanes) is 10. The molecule has 0 aromatic carbocycles. The molecule has 0 aromatic heterocycles.